The topological polar surface area (TPSA) is 44.7 Å². The van der Waals surface area contributed by atoms with Crippen LogP contribution in [0.1, 0.15) is 25.3 Å². The highest BCUT2D eigenvalue weighted by Gasteiger charge is 2.30. The van der Waals surface area contributed by atoms with Gasteiger partial charge in [-0.25, -0.2) is 0 Å². The quantitative estimate of drug-likeness (QED) is 0.764. The minimum atomic E-state index is -0.199. The van der Waals surface area contributed by atoms with Gasteiger partial charge in [-0.1, -0.05) is 30.3 Å². The molecule has 1 heterocycles. The van der Waals surface area contributed by atoms with Gasteiger partial charge in [0.25, 0.3) is 0 Å². The molecule has 2 N–H and O–H groups in total. The molecule has 3 unspecified atom stereocenters. The maximum absolute atomic E-state index is 9.97. The zero-order chi connectivity index (χ0) is 15.1. The molecule has 0 spiro atoms. The number of nitrogens with zero attached hydrogens (tertiary/aromatic N) is 1. The Hall–Kier alpha value is -0.940. The first-order valence-electron chi connectivity index (χ1n) is 7.87. The van der Waals surface area contributed by atoms with Crippen LogP contribution in [0.15, 0.2) is 30.3 Å². The first kappa shape index (κ1) is 16.4. The van der Waals surface area contributed by atoms with Gasteiger partial charge in [0.15, 0.2) is 0 Å². The van der Waals surface area contributed by atoms with Gasteiger partial charge in [0.1, 0.15) is 0 Å². The third-order valence-electron chi connectivity index (χ3n) is 4.19. The summed E-state index contributed by atoms with van der Waals surface area (Å²) >= 11 is 0. The van der Waals surface area contributed by atoms with Gasteiger partial charge >= 0.3 is 0 Å². The first-order chi connectivity index (χ1) is 10.2. The van der Waals surface area contributed by atoms with Crippen LogP contribution in [0.2, 0.25) is 0 Å². The molecule has 2 rings (SSSR count). The standard InChI is InChI=1S/C17H28N2O2/c1-14(8-9-21-2)18-11-16-10-17(20)13-19(16)12-15-6-4-3-5-7-15/h3-7,14,16-18,20H,8-13H2,1-2H3. The van der Waals surface area contributed by atoms with Crippen LogP contribution < -0.4 is 5.32 Å². The lowest BCUT2D eigenvalue weighted by Gasteiger charge is -2.26. The molecule has 0 aliphatic carbocycles. The summed E-state index contributed by atoms with van der Waals surface area (Å²) in [4.78, 5) is 2.38. The molecule has 1 aromatic rings. The van der Waals surface area contributed by atoms with Crippen LogP contribution >= 0.6 is 0 Å². The normalized spacial score (nSPS) is 24.3. The predicted octanol–water partition coefficient (Wildman–Crippen LogP) is 1.64. The van der Waals surface area contributed by atoms with Gasteiger partial charge in [0.2, 0.25) is 0 Å². The van der Waals surface area contributed by atoms with Crippen LogP contribution in [0.5, 0.6) is 0 Å². The number of hydrogen-bond donors (Lipinski definition) is 2. The number of hydrogen-bond acceptors (Lipinski definition) is 4. The second kappa shape index (κ2) is 8.49. The van der Waals surface area contributed by atoms with Gasteiger partial charge in [-0.15, -0.1) is 0 Å². The van der Waals surface area contributed by atoms with Crippen molar-refractivity contribution in [3.8, 4) is 0 Å². The molecule has 21 heavy (non-hydrogen) atoms. The third kappa shape index (κ3) is 5.40. The number of nitrogens with one attached hydrogen (secondary N) is 1. The minimum Gasteiger partial charge on any atom is -0.392 e. The molecule has 1 saturated heterocycles. The van der Waals surface area contributed by atoms with Gasteiger partial charge in [-0.05, 0) is 25.3 Å². The molecule has 1 fully saturated rings. The molecule has 3 atom stereocenters. The number of rotatable bonds is 8. The zero-order valence-corrected chi connectivity index (χ0v) is 13.2. The van der Waals surface area contributed by atoms with Gasteiger partial charge in [0.05, 0.1) is 6.10 Å². The Bertz CT molecular complexity index is 399. The minimum absolute atomic E-state index is 0.199. The highest BCUT2D eigenvalue weighted by atomic mass is 16.5. The molecule has 0 amide bonds. The summed E-state index contributed by atoms with van der Waals surface area (Å²) in [5.74, 6) is 0. The number of methoxy groups -OCH3 is 1. The van der Waals surface area contributed by atoms with Gasteiger partial charge in [-0.3, -0.25) is 4.90 Å². The van der Waals surface area contributed by atoms with E-state index in [1.165, 1.54) is 5.56 Å². The maximum atomic E-state index is 9.97. The van der Waals surface area contributed by atoms with Crippen molar-refractivity contribution in [3.05, 3.63) is 35.9 Å². The summed E-state index contributed by atoms with van der Waals surface area (Å²) in [6.45, 7) is 5.58. The summed E-state index contributed by atoms with van der Waals surface area (Å²) in [7, 11) is 1.74. The Morgan fingerprint density at radius 2 is 2.14 bits per heavy atom. The molecule has 1 aliphatic rings. The molecule has 1 aromatic carbocycles. The van der Waals surface area contributed by atoms with Crippen LogP contribution in [-0.2, 0) is 11.3 Å². The Kier molecular flexibility index (Phi) is 6.64. The molecule has 4 heteroatoms. The van der Waals surface area contributed by atoms with Crippen LogP contribution in [-0.4, -0.2) is 55.0 Å². The Morgan fingerprint density at radius 1 is 1.38 bits per heavy atom. The van der Waals surface area contributed by atoms with Crippen molar-refractivity contribution in [2.45, 2.75) is 44.5 Å². The molecule has 0 bridgehead atoms. The average molecular weight is 292 g/mol. The van der Waals surface area contributed by atoms with Crippen LogP contribution in [0, 0.1) is 0 Å². The van der Waals surface area contributed by atoms with Crippen LogP contribution in [0.4, 0.5) is 0 Å². The van der Waals surface area contributed by atoms with E-state index in [4.69, 9.17) is 4.74 Å². The van der Waals surface area contributed by atoms with Crippen molar-refractivity contribution in [2.24, 2.45) is 0 Å². The number of ether oxygens (including phenoxy) is 1. The largest absolute Gasteiger partial charge is 0.392 e. The molecular formula is C17H28N2O2. The van der Waals surface area contributed by atoms with Crippen LogP contribution in [0.3, 0.4) is 0 Å². The molecule has 0 radical (unpaired) electrons. The predicted molar refractivity (Wildman–Crippen MR) is 85.2 cm³/mol. The molecule has 118 valence electrons. The van der Waals surface area contributed by atoms with Crippen molar-refractivity contribution in [1.29, 1.82) is 0 Å². The zero-order valence-electron chi connectivity index (χ0n) is 13.2. The summed E-state index contributed by atoms with van der Waals surface area (Å²) < 4.78 is 5.11. The lowest BCUT2D eigenvalue weighted by atomic mass is 10.1. The van der Waals surface area contributed by atoms with E-state index in [1.807, 2.05) is 6.07 Å². The second-order valence-electron chi connectivity index (χ2n) is 6.05. The van der Waals surface area contributed by atoms with E-state index >= 15 is 0 Å². The lowest BCUT2D eigenvalue weighted by Crippen LogP contribution is -2.41. The lowest BCUT2D eigenvalue weighted by molar-refractivity contribution is 0.171. The van der Waals surface area contributed by atoms with E-state index in [9.17, 15) is 5.11 Å². The fraction of sp³-hybridized carbons (Fsp3) is 0.647. The van der Waals surface area contributed by atoms with Crippen molar-refractivity contribution in [3.63, 3.8) is 0 Å². The monoisotopic (exact) mass is 292 g/mol. The Balaban J connectivity index is 1.82. The first-order valence-corrected chi connectivity index (χ1v) is 7.87. The Labute approximate surface area is 128 Å². The Morgan fingerprint density at radius 3 is 2.86 bits per heavy atom. The summed E-state index contributed by atoms with van der Waals surface area (Å²) in [5.41, 5.74) is 1.31. The van der Waals surface area contributed by atoms with E-state index < -0.39 is 0 Å². The maximum Gasteiger partial charge on any atom is 0.0682 e. The van der Waals surface area contributed by atoms with E-state index in [-0.39, 0.29) is 6.10 Å². The molecule has 1 aliphatic heterocycles. The van der Waals surface area contributed by atoms with Crippen molar-refractivity contribution in [1.82, 2.24) is 10.2 Å². The van der Waals surface area contributed by atoms with Crippen LogP contribution in [0.25, 0.3) is 0 Å². The second-order valence-corrected chi connectivity index (χ2v) is 6.05. The highest BCUT2D eigenvalue weighted by Crippen LogP contribution is 2.20. The number of β-amino-alcohol motifs (C(OH)–C–C–N with tert-alkyl or cyclic N) is 1. The fourth-order valence-electron chi connectivity index (χ4n) is 2.92. The summed E-state index contributed by atoms with van der Waals surface area (Å²) in [6, 6.07) is 11.3. The molecule has 0 aromatic heterocycles. The van der Waals surface area contributed by atoms with Crippen molar-refractivity contribution in [2.75, 3.05) is 26.8 Å². The molecular weight excluding hydrogens is 264 g/mol. The highest BCUT2D eigenvalue weighted by molar-refractivity contribution is 5.15. The third-order valence-corrected chi connectivity index (χ3v) is 4.19. The van der Waals surface area contributed by atoms with Gasteiger partial charge < -0.3 is 15.2 Å². The smallest absolute Gasteiger partial charge is 0.0682 e. The fourth-order valence-corrected chi connectivity index (χ4v) is 2.92. The SMILES string of the molecule is COCCC(C)NCC1CC(O)CN1Cc1ccccc1. The number of likely N-dealkylation sites (tertiary alicyclic amines) is 1. The van der Waals surface area contributed by atoms with E-state index in [2.05, 4.69) is 41.4 Å². The molecule has 4 nitrogen and oxygen atoms in total. The van der Waals surface area contributed by atoms with Gasteiger partial charge in [-0.2, -0.15) is 0 Å². The van der Waals surface area contributed by atoms with E-state index in [0.717, 1.165) is 39.1 Å². The van der Waals surface area contributed by atoms with Crippen molar-refractivity contribution >= 4 is 0 Å². The number of aliphatic hydroxyl groups excluding tert-OH is 1. The number of aliphatic hydroxyl groups is 1. The summed E-state index contributed by atoms with van der Waals surface area (Å²) in [6.07, 6.45) is 1.68. The summed E-state index contributed by atoms with van der Waals surface area (Å²) in [5, 5.41) is 13.5. The van der Waals surface area contributed by atoms with Gasteiger partial charge in [0, 0.05) is 45.4 Å². The van der Waals surface area contributed by atoms with Crippen molar-refractivity contribution < 1.29 is 9.84 Å². The number of benzene rings is 1. The molecule has 0 saturated carbocycles. The average Bonchev–Trinajstić information content (AvgIpc) is 2.83. The van der Waals surface area contributed by atoms with E-state index in [1.54, 1.807) is 7.11 Å². The van der Waals surface area contributed by atoms with E-state index in [0.29, 0.717) is 12.1 Å².